The number of carbonyl (C=O) groups excluding carboxylic acids is 1. The fourth-order valence-corrected chi connectivity index (χ4v) is 5.23. The summed E-state index contributed by atoms with van der Waals surface area (Å²) in [6, 6.07) is 1.08. The van der Waals surface area contributed by atoms with E-state index < -0.39 is 17.3 Å². The second-order valence-corrected chi connectivity index (χ2v) is 11.0. The molecular weight excluding hydrogens is 455 g/mol. The lowest BCUT2D eigenvalue weighted by atomic mass is 9.89. The molecule has 0 bridgehead atoms. The summed E-state index contributed by atoms with van der Waals surface area (Å²) in [5, 5.41) is 0. The molecule has 0 radical (unpaired) electrons. The number of hydrogen-bond donors (Lipinski definition) is 0. The van der Waals surface area contributed by atoms with Gasteiger partial charge in [-0.05, 0) is 51.5 Å². The van der Waals surface area contributed by atoms with Crippen LogP contribution < -0.4 is 4.90 Å². The van der Waals surface area contributed by atoms with Crippen LogP contribution >= 0.6 is 0 Å². The fourth-order valence-electron chi connectivity index (χ4n) is 5.23. The first-order chi connectivity index (χ1) is 16.5. The van der Waals surface area contributed by atoms with Crippen LogP contribution in [0.4, 0.5) is 19.0 Å². The van der Waals surface area contributed by atoms with Gasteiger partial charge in [0.05, 0.1) is 0 Å². The fraction of sp³-hybridized carbons (Fsp3) is 0.731. The minimum Gasteiger partial charge on any atom is -0.354 e. The highest BCUT2D eigenvalue weighted by molar-refractivity contribution is 5.80. The maximum absolute atomic E-state index is 13.4. The van der Waals surface area contributed by atoms with Crippen molar-refractivity contribution in [3.63, 3.8) is 0 Å². The molecule has 0 N–H and O–H groups in total. The molecule has 1 aromatic rings. The van der Waals surface area contributed by atoms with Crippen LogP contribution in [0.5, 0.6) is 0 Å². The van der Waals surface area contributed by atoms with Crippen molar-refractivity contribution < 1.29 is 18.0 Å². The largest absolute Gasteiger partial charge is 0.433 e. The second kappa shape index (κ2) is 10.4. The van der Waals surface area contributed by atoms with Gasteiger partial charge in [0.15, 0.2) is 0 Å². The Balaban J connectivity index is 1.28. The van der Waals surface area contributed by atoms with E-state index >= 15 is 0 Å². The molecule has 4 rings (SSSR count). The summed E-state index contributed by atoms with van der Waals surface area (Å²) in [4.78, 5) is 27.1. The van der Waals surface area contributed by atoms with Crippen LogP contribution in [-0.4, -0.2) is 64.9 Å². The van der Waals surface area contributed by atoms with Gasteiger partial charge in [-0.1, -0.05) is 26.3 Å². The van der Waals surface area contributed by atoms with Gasteiger partial charge in [0, 0.05) is 56.3 Å². The highest BCUT2D eigenvalue weighted by atomic mass is 19.4. The number of amides is 1. The summed E-state index contributed by atoms with van der Waals surface area (Å²) < 4.78 is 40.3. The van der Waals surface area contributed by atoms with Crippen molar-refractivity contribution >= 4 is 11.7 Å². The Kier molecular flexibility index (Phi) is 7.74. The highest BCUT2D eigenvalue weighted by Gasteiger charge is 2.36. The van der Waals surface area contributed by atoms with Crippen LogP contribution in [0.25, 0.3) is 0 Å². The number of anilines is 1. The first-order valence-corrected chi connectivity index (χ1v) is 13.0. The second-order valence-electron chi connectivity index (χ2n) is 11.0. The third kappa shape index (κ3) is 6.35. The van der Waals surface area contributed by atoms with Crippen LogP contribution in [0.2, 0.25) is 0 Å². The minimum atomic E-state index is -4.50. The predicted octanol–water partition coefficient (Wildman–Crippen LogP) is 5.15. The first kappa shape index (κ1) is 25.9. The van der Waals surface area contributed by atoms with E-state index in [-0.39, 0.29) is 11.7 Å². The van der Waals surface area contributed by atoms with Gasteiger partial charge in [0.25, 0.3) is 0 Å². The van der Waals surface area contributed by atoms with Gasteiger partial charge in [0.2, 0.25) is 5.91 Å². The number of unbranched alkanes of at least 4 members (excludes halogenated alkanes) is 1. The molecule has 194 valence electrons. The van der Waals surface area contributed by atoms with Crippen molar-refractivity contribution in [2.45, 2.75) is 83.7 Å². The molecule has 6 nitrogen and oxygen atoms in total. The zero-order chi connectivity index (χ0) is 25.2. The number of halogens is 3. The van der Waals surface area contributed by atoms with Gasteiger partial charge in [-0.2, -0.15) is 13.2 Å². The predicted molar refractivity (Wildman–Crippen MR) is 130 cm³/mol. The summed E-state index contributed by atoms with van der Waals surface area (Å²) in [6.45, 7) is 10.1. The average molecular weight is 494 g/mol. The Labute approximate surface area is 206 Å². The third-order valence-corrected chi connectivity index (χ3v) is 7.29. The molecule has 0 aromatic carbocycles. The molecule has 1 saturated heterocycles. The summed E-state index contributed by atoms with van der Waals surface area (Å²) in [5.74, 6) is 0.849. The summed E-state index contributed by atoms with van der Waals surface area (Å²) >= 11 is 0. The molecule has 1 amide bonds. The SMILES string of the molecule is CC(C)(C)c1nc(N2CCN(CCCCN3C(=O)CCC4=C3CCCC4)CC2)cc(C(F)(F)F)n1. The lowest BCUT2D eigenvalue weighted by molar-refractivity contribution is -0.141. The zero-order valence-corrected chi connectivity index (χ0v) is 21.3. The van der Waals surface area contributed by atoms with Crippen molar-refractivity contribution in [1.29, 1.82) is 0 Å². The molecule has 0 saturated carbocycles. The molecule has 1 aliphatic carbocycles. The Morgan fingerprint density at radius 1 is 0.886 bits per heavy atom. The maximum atomic E-state index is 13.4. The normalized spacial score (nSPS) is 20.5. The van der Waals surface area contributed by atoms with Crippen LogP contribution in [0.15, 0.2) is 17.3 Å². The van der Waals surface area contributed by atoms with E-state index in [2.05, 4.69) is 19.8 Å². The molecule has 35 heavy (non-hydrogen) atoms. The molecule has 0 spiro atoms. The van der Waals surface area contributed by atoms with Crippen molar-refractivity contribution in [3.05, 3.63) is 28.9 Å². The van der Waals surface area contributed by atoms with E-state index in [4.69, 9.17) is 0 Å². The van der Waals surface area contributed by atoms with Crippen molar-refractivity contribution in [3.8, 4) is 0 Å². The maximum Gasteiger partial charge on any atom is 0.433 e. The van der Waals surface area contributed by atoms with Crippen LogP contribution in [0.3, 0.4) is 0 Å². The Hall–Kier alpha value is -2.16. The molecule has 0 atom stereocenters. The standard InChI is InChI=1S/C26H38F3N5O/c1-25(2,3)24-30-21(26(27,28)29)18-22(31-24)33-16-14-32(15-17-33)12-6-7-13-34-20-9-5-4-8-19(20)10-11-23(34)35/h18H,4-17H2,1-3H3. The van der Waals surface area contributed by atoms with E-state index in [1.54, 1.807) is 0 Å². The summed E-state index contributed by atoms with van der Waals surface area (Å²) in [5.41, 5.74) is 1.36. The van der Waals surface area contributed by atoms with E-state index in [1.807, 2.05) is 25.7 Å². The first-order valence-electron chi connectivity index (χ1n) is 13.0. The molecular formula is C26H38F3N5O. The van der Waals surface area contributed by atoms with Gasteiger partial charge in [-0.15, -0.1) is 0 Å². The lowest BCUT2D eigenvalue weighted by Crippen LogP contribution is -2.47. The number of carbonyl (C=O) groups is 1. The summed E-state index contributed by atoms with van der Waals surface area (Å²) in [7, 11) is 0. The number of allylic oxidation sites excluding steroid dienone is 2. The molecule has 0 unspecified atom stereocenters. The smallest absolute Gasteiger partial charge is 0.354 e. The average Bonchev–Trinajstić information content (AvgIpc) is 2.82. The van der Waals surface area contributed by atoms with Gasteiger partial charge in [-0.3, -0.25) is 9.69 Å². The Morgan fingerprint density at radius 2 is 1.57 bits per heavy atom. The van der Waals surface area contributed by atoms with Gasteiger partial charge < -0.3 is 9.80 Å². The van der Waals surface area contributed by atoms with Crippen molar-refractivity contribution in [1.82, 2.24) is 19.8 Å². The topological polar surface area (TPSA) is 52.6 Å². The van der Waals surface area contributed by atoms with Crippen LogP contribution in [0.1, 0.15) is 83.7 Å². The van der Waals surface area contributed by atoms with E-state index in [0.29, 0.717) is 25.3 Å². The van der Waals surface area contributed by atoms with Crippen molar-refractivity contribution in [2.75, 3.05) is 44.2 Å². The Morgan fingerprint density at radius 3 is 2.26 bits per heavy atom. The van der Waals surface area contributed by atoms with Crippen LogP contribution in [-0.2, 0) is 16.4 Å². The number of nitrogens with zero attached hydrogens (tertiary/aromatic N) is 5. The highest BCUT2D eigenvalue weighted by Crippen LogP contribution is 2.35. The lowest BCUT2D eigenvalue weighted by Gasteiger charge is -2.36. The van der Waals surface area contributed by atoms with Gasteiger partial charge >= 0.3 is 6.18 Å². The number of rotatable bonds is 6. The molecule has 3 heterocycles. The van der Waals surface area contributed by atoms with E-state index in [9.17, 15) is 18.0 Å². The van der Waals surface area contributed by atoms with Gasteiger partial charge in [-0.25, -0.2) is 9.97 Å². The zero-order valence-electron chi connectivity index (χ0n) is 21.3. The number of hydrogen-bond acceptors (Lipinski definition) is 5. The minimum absolute atomic E-state index is 0.216. The molecule has 1 aromatic heterocycles. The number of aromatic nitrogens is 2. The molecule has 1 fully saturated rings. The molecule has 9 heteroatoms. The Bertz CT molecular complexity index is 913. The summed E-state index contributed by atoms with van der Waals surface area (Å²) in [6.07, 6.45) is 3.70. The number of piperazine rings is 1. The third-order valence-electron chi connectivity index (χ3n) is 7.29. The van der Waals surface area contributed by atoms with Gasteiger partial charge in [0.1, 0.15) is 17.3 Å². The quantitative estimate of drug-likeness (QED) is 0.514. The molecule has 3 aliphatic rings. The monoisotopic (exact) mass is 493 g/mol. The van der Waals surface area contributed by atoms with E-state index in [0.717, 1.165) is 64.3 Å². The molecule has 2 aliphatic heterocycles. The van der Waals surface area contributed by atoms with Crippen LogP contribution in [0, 0.1) is 0 Å². The van der Waals surface area contributed by atoms with Crippen molar-refractivity contribution in [2.24, 2.45) is 0 Å². The number of alkyl halides is 3. The van der Waals surface area contributed by atoms with E-state index in [1.165, 1.54) is 24.1 Å².